The Balaban J connectivity index is 1.74. The monoisotopic (exact) mass is 368 g/mol. The van der Waals surface area contributed by atoms with Gasteiger partial charge in [0.25, 0.3) is 0 Å². The summed E-state index contributed by atoms with van der Waals surface area (Å²) >= 11 is 0. The van der Waals surface area contributed by atoms with Crippen molar-refractivity contribution >= 4 is 17.8 Å². The lowest BCUT2D eigenvalue weighted by molar-refractivity contribution is -0.157. The summed E-state index contributed by atoms with van der Waals surface area (Å²) in [5.74, 6) is -0.179. The molecule has 8 nitrogen and oxygen atoms in total. The van der Waals surface area contributed by atoms with Crippen molar-refractivity contribution in [2.24, 2.45) is 22.4 Å². The summed E-state index contributed by atoms with van der Waals surface area (Å²) in [4.78, 5) is 28.2. The Morgan fingerprint density at radius 1 is 1.12 bits per heavy atom. The van der Waals surface area contributed by atoms with Crippen molar-refractivity contribution in [2.75, 3.05) is 7.11 Å². The summed E-state index contributed by atoms with van der Waals surface area (Å²) in [5.41, 5.74) is 10.9. The van der Waals surface area contributed by atoms with Gasteiger partial charge in [0.05, 0.1) is 19.3 Å². The van der Waals surface area contributed by atoms with Gasteiger partial charge in [0.15, 0.2) is 12.1 Å². The largest absolute Gasteiger partial charge is 0.467 e. The molecule has 148 valence electrons. The molecule has 26 heavy (non-hydrogen) atoms. The maximum absolute atomic E-state index is 12.6. The number of nitrogens with one attached hydrogen (secondary N) is 1. The standard InChI is InChI=1S/C18H32N4O4/c1-11(17(24)25-2)26-15-8-6-13(7-9-15)21-16(23)12-4-3-5-14(10-12)22-18(19)20/h11-15H,3-10H2,1-2H3,(H,21,23)(H4,19,20,22). The van der Waals surface area contributed by atoms with Gasteiger partial charge in [-0.2, -0.15) is 0 Å². The first-order valence-electron chi connectivity index (χ1n) is 9.51. The van der Waals surface area contributed by atoms with Crippen LogP contribution in [-0.4, -0.2) is 49.2 Å². The second-order valence-corrected chi connectivity index (χ2v) is 7.36. The van der Waals surface area contributed by atoms with Crippen LogP contribution in [-0.2, 0) is 19.1 Å². The highest BCUT2D eigenvalue weighted by Gasteiger charge is 2.30. The maximum Gasteiger partial charge on any atom is 0.334 e. The molecule has 1 amide bonds. The van der Waals surface area contributed by atoms with Crippen LogP contribution in [0.15, 0.2) is 4.99 Å². The van der Waals surface area contributed by atoms with Crippen molar-refractivity contribution in [3.05, 3.63) is 0 Å². The Labute approximate surface area is 155 Å². The Bertz CT molecular complexity index is 513. The Kier molecular flexibility index (Phi) is 7.68. The van der Waals surface area contributed by atoms with Crippen molar-refractivity contribution in [3.63, 3.8) is 0 Å². The first-order chi connectivity index (χ1) is 12.4. The van der Waals surface area contributed by atoms with Gasteiger partial charge in [-0.1, -0.05) is 6.42 Å². The van der Waals surface area contributed by atoms with E-state index in [4.69, 9.17) is 16.2 Å². The van der Waals surface area contributed by atoms with E-state index in [1.807, 2.05) is 0 Å². The Morgan fingerprint density at radius 3 is 2.42 bits per heavy atom. The summed E-state index contributed by atoms with van der Waals surface area (Å²) in [6, 6.07) is 0.215. The zero-order valence-corrected chi connectivity index (χ0v) is 15.8. The average Bonchev–Trinajstić information content (AvgIpc) is 2.62. The fourth-order valence-electron chi connectivity index (χ4n) is 3.90. The SMILES string of the molecule is COC(=O)C(C)OC1CCC(NC(=O)C2CCCC(N=C(N)N)C2)CC1. The van der Waals surface area contributed by atoms with Crippen LogP contribution in [0.1, 0.15) is 58.3 Å². The topological polar surface area (TPSA) is 129 Å². The number of nitrogens with zero attached hydrogens (tertiary/aromatic N) is 1. The van der Waals surface area contributed by atoms with E-state index >= 15 is 0 Å². The Hall–Kier alpha value is -1.83. The van der Waals surface area contributed by atoms with E-state index in [-0.39, 0.29) is 41.9 Å². The molecule has 8 heteroatoms. The predicted octanol–water partition coefficient (Wildman–Crippen LogP) is 0.824. The number of ether oxygens (including phenoxy) is 2. The molecule has 3 unspecified atom stereocenters. The van der Waals surface area contributed by atoms with Crippen LogP contribution in [0.25, 0.3) is 0 Å². The molecule has 0 bridgehead atoms. The summed E-state index contributed by atoms with van der Waals surface area (Å²) in [5, 5.41) is 3.17. The van der Waals surface area contributed by atoms with Gasteiger partial charge in [-0.05, 0) is 51.9 Å². The number of esters is 1. The highest BCUT2D eigenvalue weighted by Crippen LogP contribution is 2.28. The van der Waals surface area contributed by atoms with E-state index in [0.717, 1.165) is 44.9 Å². The summed E-state index contributed by atoms with van der Waals surface area (Å²) < 4.78 is 10.4. The molecule has 0 aromatic carbocycles. The summed E-state index contributed by atoms with van der Waals surface area (Å²) in [6.45, 7) is 1.70. The van der Waals surface area contributed by atoms with Crippen LogP contribution in [0.2, 0.25) is 0 Å². The van der Waals surface area contributed by atoms with Crippen molar-refractivity contribution in [1.29, 1.82) is 0 Å². The molecule has 2 saturated carbocycles. The third-order valence-corrected chi connectivity index (χ3v) is 5.30. The normalized spacial score (nSPS) is 30.1. The molecule has 0 spiro atoms. The second-order valence-electron chi connectivity index (χ2n) is 7.36. The van der Waals surface area contributed by atoms with Gasteiger partial charge in [-0.15, -0.1) is 0 Å². The number of hydrogen-bond donors (Lipinski definition) is 3. The average molecular weight is 368 g/mol. The summed E-state index contributed by atoms with van der Waals surface area (Å²) in [6.07, 6.45) is 6.35. The molecule has 0 heterocycles. The minimum atomic E-state index is -0.550. The third-order valence-electron chi connectivity index (χ3n) is 5.30. The van der Waals surface area contributed by atoms with E-state index in [2.05, 4.69) is 15.0 Å². The van der Waals surface area contributed by atoms with Crippen molar-refractivity contribution < 1.29 is 19.1 Å². The third kappa shape index (κ3) is 6.16. The van der Waals surface area contributed by atoms with Gasteiger partial charge >= 0.3 is 5.97 Å². The van der Waals surface area contributed by atoms with Crippen LogP contribution in [0.4, 0.5) is 0 Å². The molecule has 2 rings (SSSR count). The van der Waals surface area contributed by atoms with Gasteiger partial charge in [-0.25, -0.2) is 4.79 Å². The van der Waals surface area contributed by atoms with Crippen molar-refractivity contribution in [1.82, 2.24) is 5.32 Å². The van der Waals surface area contributed by atoms with Gasteiger partial charge in [0.1, 0.15) is 0 Å². The molecular weight excluding hydrogens is 336 g/mol. The zero-order valence-electron chi connectivity index (χ0n) is 15.8. The number of methoxy groups -OCH3 is 1. The number of rotatable bonds is 6. The highest BCUT2D eigenvalue weighted by molar-refractivity contribution is 5.79. The lowest BCUT2D eigenvalue weighted by Crippen LogP contribution is -2.44. The van der Waals surface area contributed by atoms with Crippen LogP contribution in [0.3, 0.4) is 0 Å². The van der Waals surface area contributed by atoms with Crippen LogP contribution >= 0.6 is 0 Å². The lowest BCUT2D eigenvalue weighted by atomic mass is 9.84. The van der Waals surface area contributed by atoms with Gasteiger partial charge in [0.2, 0.25) is 5.91 Å². The number of nitrogens with two attached hydrogens (primary N) is 2. The van der Waals surface area contributed by atoms with E-state index in [1.54, 1.807) is 6.92 Å². The molecule has 2 aliphatic rings. The van der Waals surface area contributed by atoms with E-state index < -0.39 is 6.10 Å². The molecular formula is C18H32N4O4. The fraction of sp³-hybridized carbons (Fsp3) is 0.833. The molecule has 2 aliphatic carbocycles. The smallest absolute Gasteiger partial charge is 0.334 e. The number of carbonyl (C=O) groups is 2. The fourth-order valence-corrected chi connectivity index (χ4v) is 3.90. The minimum absolute atomic E-state index is 0.0230. The molecule has 0 aliphatic heterocycles. The molecule has 0 aromatic rings. The van der Waals surface area contributed by atoms with Gasteiger partial charge in [-0.3, -0.25) is 9.79 Å². The van der Waals surface area contributed by atoms with Gasteiger partial charge in [0, 0.05) is 12.0 Å². The molecule has 0 radical (unpaired) electrons. The number of hydrogen-bond acceptors (Lipinski definition) is 5. The number of amides is 1. The number of aliphatic imine (C=N–C) groups is 1. The Morgan fingerprint density at radius 2 is 1.81 bits per heavy atom. The van der Waals surface area contributed by atoms with E-state index in [1.165, 1.54) is 7.11 Å². The molecule has 3 atom stereocenters. The molecule has 0 saturated heterocycles. The van der Waals surface area contributed by atoms with Crippen molar-refractivity contribution in [2.45, 2.75) is 82.6 Å². The van der Waals surface area contributed by atoms with E-state index in [0.29, 0.717) is 6.42 Å². The summed E-state index contributed by atoms with van der Waals surface area (Å²) in [7, 11) is 1.36. The predicted molar refractivity (Wildman–Crippen MR) is 98.3 cm³/mol. The second kappa shape index (κ2) is 9.75. The number of carbonyl (C=O) groups excluding carboxylic acids is 2. The molecule has 5 N–H and O–H groups in total. The molecule has 2 fully saturated rings. The maximum atomic E-state index is 12.6. The number of guanidine groups is 1. The van der Waals surface area contributed by atoms with Gasteiger partial charge < -0.3 is 26.3 Å². The zero-order chi connectivity index (χ0) is 19.1. The van der Waals surface area contributed by atoms with Crippen LogP contribution in [0, 0.1) is 5.92 Å². The first kappa shape index (κ1) is 20.5. The minimum Gasteiger partial charge on any atom is -0.467 e. The molecule has 0 aromatic heterocycles. The van der Waals surface area contributed by atoms with Crippen molar-refractivity contribution in [3.8, 4) is 0 Å². The lowest BCUT2D eigenvalue weighted by Gasteiger charge is -2.32. The first-order valence-corrected chi connectivity index (χ1v) is 9.51. The highest BCUT2D eigenvalue weighted by atomic mass is 16.6. The van der Waals surface area contributed by atoms with E-state index in [9.17, 15) is 9.59 Å². The quantitative estimate of drug-likeness (QED) is 0.362. The van der Waals surface area contributed by atoms with Crippen LogP contribution in [0.5, 0.6) is 0 Å². The van der Waals surface area contributed by atoms with Crippen LogP contribution < -0.4 is 16.8 Å².